The van der Waals surface area contributed by atoms with Gasteiger partial charge in [-0.1, -0.05) is 0 Å². The topological polar surface area (TPSA) is 82.8 Å². The number of rotatable bonds is 6. The van der Waals surface area contributed by atoms with Crippen LogP contribution < -0.4 is 25.5 Å². The van der Waals surface area contributed by atoms with Crippen molar-refractivity contribution in [3.05, 3.63) is 53.6 Å². The number of methoxy groups -OCH3 is 2. The summed E-state index contributed by atoms with van der Waals surface area (Å²) in [6.45, 7) is 0.265. The minimum absolute atomic E-state index is 0.265. The molecule has 0 aromatic heterocycles. The van der Waals surface area contributed by atoms with Crippen LogP contribution >= 0.6 is 0 Å². The molecule has 0 bridgehead atoms. The lowest BCUT2D eigenvalue weighted by Crippen LogP contribution is -2.30. The molecular formula is C16H18N2O4. The van der Waals surface area contributed by atoms with Crippen LogP contribution in [0.2, 0.25) is 0 Å². The Balaban J connectivity index is 2.14. The molecule has 3 N–H and O–H groups in total. The Hall–Kier alpha value is -2.73. The van der Waals surface area contributed by atoms with E-state index in [1.54, 1.807) is 32.4 Å². The van der Waals surface area contributed by atoms with Gasteiger partial charge in [0, 0.05) is 11.1 Å². The molecule has 2 aromatic carbocycles. The molecule has 116 valence electrons. The number of carbonyl (C=O) groups is 1. The van der Waals surface area contributed by atoms with Crippen molar-refractivity contribution in [2.75, 3.05) is 14.2 Å². The number of nitrogens with one attached hydrogen (secondary N) is 1. The summed E-state index contributed by atoms with van der Waals surface area (Å²) in [6, 6.07) is 12.3. The Morgan fingerprint density at radius 2 is 1.73 bits per heavy atom. The summed E-state index contributed by atoms with van der Waals surface area (Å²) in [5, 5.41) is 0. The lowest BCUT2D eigenvalue weighted by Gasteiger charge is -2.12. The third kappa shape index (κ3) is 3.67. The van der Waals surface area contributed by atoms with E-state index in [2.05, 4.69) is 5.43 Å². The Labute approximate surface area is 128 Å². The number of hydrogen-bond acceptors (Lipinski definition) is 5. The maximum Gasteiger partial charge on any atom is 0.265 e. The standard InChI is InChI=1S/C16H18N2O4/c1-20-13-4-6-14(7-5-13)22-10-12-9-11(16(19)18-17)3-8-15(12)21-2/h3-9H,10,17H2,1-2H3,(H,18,19). The van der Waals surface area contributed by atoms with Gasteiger partial charge < -0.3 is 14.2 Å². The molecule has 0 radical (unpaired) electrons. The normalized spacial score (nSPS) is 9.95. The Morgan fingerprint density at radius 3 is 2.32 bits per heavy atom. The van der Waals surface area contributed by atoms with Crippen molar-refractivity contribution in [2.24, 2.45) is 5.84 Å². The first kappa shape index (κ1) is 15.7. The van der Waals surface area contributed by atoms with Crippen LogP contribution in [0.3, 0.4) is 0 Å². The van der Waals surface area contributed by atoms with E-state index in [4.69, 9.17) is 20.1 Å². The van der Waals surface area contributed by atoms with Crippen LogP contribution in [0.5, 0.6) is 17.2 Å². The third-order valence-electron chi connectivity index (χ3n) is 3.13. The van der Waals surface area contributed by atoms with Gasteiger partial charge in [-0.2, -0.15) is 0 Å². The van der Waals surface area contributed by atoms with E-state index in [1.165, 1.54) is 0 Å². The van der Waals surface area contributed by atoms with Gasteiger partial charge in [0.2, 0.25) is 0 Å². The molecule has 0 aliphatic carbocycles. The predicted molar refractivity (Wildman–Crippen MR) is 82.0 cm³/mol. The van der Waals surface area contributed by atoms with Gasteiger partial charge >= 0.3 is 0 Å². The first-order valence-electron chi connectivity index (χ1n) is 6.62. The van der Waals surface area contributed by atoms with Crippen LogP contribution in [0.15, 0.2) is 42.5 Å². The molecule has 6 nitrogen and oxygen atoms in total. The fraction of sp³-hybridized carbons (Fsp3) is 0.188. The molecule has 0 spiro atoms. The summed E-state index contributed by atoms with van der Waals surface area (Å²) in [5.74, 6) is 6.86. The minimum atomic E-state index is -0.367. The molecular weight excluding hydrogens is 284 g/mol. The van der Waals surface area contributed by atoms with Crippen molar-refractivity contribution in [1.29, 1.82) is 0 Å². The van der Waals surface area contributed by atoms with Gasteiger partial charge in [-0.25, -0.2) is 5.84 Å². The van der Waals surface area contributed by atoms with Gasteiger partial charge in [-0.3, -0.25) is 10.2 Å². The Morgan fingerprint density at radius 1 is 1.05 bits per heavy atom. The van der Waals surface area contributed by atoms with E-state index in [0.29, 0.717) is 17.1 Å². The number of amides is 1. The number of nitrogens with two attached hydrogens (primary N) is 1. The lowest BCUT2D eigenvalue weighted by molar-refractivity contribution is 0.0953. The van der Waals surface area contributed by atoms with Crippen LogP contribution in [0.1, 0.15) is 15.9 Å². The summed E-state index contributed by atoms with van der Waals surface area (Å²) in [7, 11) is 3.17. The quantitative estimate of drug-likeness (QED) is 0.484. The molecule has 0 saturated carbocycles. The minimum Gasteiger partial charge on any atom is -0.497 e. The number of hydrazine groups is 1. The van der Waals surface area contributed by atoms with E-state index < -0.39 is 0 Å². The molecule has 6 heteroatoms. The molecule has 0 heterocycles. The highest BCUT2D eigenvalue weighted by Crippen LogP contribution is 2.23. The average molecular weight is 302 g/mol. The van der Waals surface area contributed by atoms with Crippen molar-refractivity contribution in [3.8, 4) is 17.2 Å². The fourth-order valence-electron chi connectivity index (χ4n) is 1.95. The molecule has 0 atom stereocenters. The molecule has 0 aliphatic rings. The van der Waals surface area contributed by atoms with Crippen LogP contribution in [-0.4, -0.2) is 20.1 Å². The van der Waals surface area contributed by atoms with Crippen LogP contribution in [0.4, 0.5) is 0 Å². The van der Waals surface area contributed by atoms with Crippen LogP contribution in [0, 0.1) is 0 Å². The van der Waals surface area contributed by atoms with Gasteiger partial charge in [-0.05, 0) is 42.5 Å². The maximum atomic E-state index is 11.6. The third-order valence-corrected chi connectivity index (χ3v) is 3.13. The number of ether oxygens (including phenoxy) is 3. The van der Waals surface area contributed by atoms with Crippen LogP contribution in [0.25, 0.3) is 0 Å². The number of benzene rings is 2. The highest BCUT2D eigenvalue weighted by molar-refractivity contribution is 5.94. The summed E-state index contributed by atoms with van der Waals surface area (Å²) < 4.78 is 16.1. The first-order chi connectivity index (χ1) is 10.7. The predicted octanol–water partition coefficient (Wildman–Crippen LogP) is 1.89. The highest BCUT2D eigenvalue weighted by Gasteiger charge is 2.10. The largest absolute Gasteiger partial charge is 0.497 e. The van der Waals surface area contributed by atoms with Gasteiger partial charge in [-0.15, -0.1) is 0 Å². The van der Waals surface area contributed by atoms with E-state index in [0.717, 1.165) is 11.3 Å². The molecule has 2 aromatic rings. The molecule has 1 amide bonds. The monoisotopic (exact) mass is 302 g/mol. The highest BCUT2D eigenvalue weighted by atomic mass is 16.5. The van der Waals surface area contributed by atoms with Gasteiger partial charge in [0.05, 0.1) is 14.2 Å². The van der Waals surface area contributed by atoms with E-state index in [9.17, 15) is 4.79 Å². The first-order valence-corrected chi connectivity index (χ1v) is 6.62. The summed E-state index contributed by atoms with van der Waals surface area (Å²) >= 11 is 0. The molecule has 0 unspecified atom stereocenters. The SMILES string of the molecule is COc1ccc(OCc2cc(C(=O)NN)ccc2OC)cc1. The van der Waals surface area contributed by atoms with E-state index in [-0.39, 0.29) is 12.5 Å². The molecule has 2 rings (SSSR count). The summed E-state index contributed by atoms with van der Waals surface area (Å²) in [4.78, 5) is 11.6. The zero-order chi connectivity index (χ0) is 15.9. The smallest absolute Gasteiger partial charge is 0.265 e. The summed E-state index contributed by atoms with van der Waals surface area (Å²) in [6.07, 6.45) is 0. The van der Waals surface area contributed by atoms with Crippen molar-refractivity contribution < 1.29 is 19.0 Å². The molecule has 0 saturated heterocycles. The summed E-state index contributed by atoms with van der Waals surface area (Å²) in [5.41, 5.74) is 3.29. The fourth-order valence-corrected chi connectivity index (χ4v) is 1.95. The molecule has 0 aliphatic heterocycles. The number of nitrogen functional groups attached to an aromatic ring is 1. The maximum absolute atomic E-state index is 11.6. The van der Waals surface area contributed by atoms with Crippen molar-refractivity contribution in [1.82, 2.24) is 5.43 Å². The number of carbonyl (C=O) groups excluding carboxylic acids is 1. The van der Waals surface area contributed by atoms with Crippen LogP contribution in [-0.2, 0) is 6.61 Å². The second kappa shape index (κ2) is 7.33. The molecule has 22 heavy (non-hydrogen) atoms. The number of hydrogen-bond donors (Lipinski definition) is 2. The molecule has 0 fully saturated rings. The van der Waals surface area contributed by atoms with E-state index >= 15 is 0 Å². The Kier molecular flexibility index (Phi) is 5.21. The average Bonchev–Trinajstić information content (AvgIpc) is 2.59. The van der Waals surface area contributed by atoms with E-state index in [1.807, 2.05) is 24.3 Å². The van der Waals surface area contributed by atoms with Crippen molar-refractivity contribution >= 4 is 5.91 Å². The second-order valence-electron chi connectivity index (χ2n) is 4.46. The zero-order valence-corrected chi connectivity index (χ0v) is 12.5. The van der Waals surface area contributed by atoms with Crippen molar-refractivity contribution in [3.63, 3.8) is 0 Å². The Bertz CT molecular complexity index is 641. The van der Waals surface area contributed by atoms with Gasteiger partial charge in [0.15, 0.2) is 0 Å². The lowest BCUT2D eigenvalue weighted by atomic mass is 10.1. The van der Waals surface area contributed by atoms with Gasteiger partial charge in [0.25, 0.3) is 5.91 Å². The second-order valence-corrected chi connectivity index (χ2v) is 4.46. The van der Waals surface area contributed by atoms with Crippen molar-refractivity contribution in [2.45, 2.75) is 6.61 Å². The zero-order valence-electron chi connectivity index (χ0n) is 12.5. The van der Waals surface area contributed by atoms with Gasteiger partial charge in [0.1, 0.15) is 23.9 Å².